The van der Waals surface area contributed by atoms with E-state index >= 15 is 0 Å². The molecule has 1 amide bonds. The smallest absolute Gasteiger partial charge is 0.307 e. The number of amides is 1. The van der Waals surface area contributed by atoms with E-state index in [2.05, 4.69) is 0 Å². The van der Waals surface area contributed by atoms with Gasteiger partial charge in [0.05, 0.1) is 6.42 Å². The van der Waals surface area contributed by atoms with Gasteiger partial charge in [-0.1, -0.05) is 12.8 Å². The SMILES string of the molecule is NC(=O)C1OC(=O)CC12CCCC2. The minimum absolute atomic E-state index is 0.247. The van der Waals surface area contributed by atoms with Crippen molar-refractivity contribution in [1.82, 2.24) is 0 Å². The van der Waals surface area contributed by atoms with Gasteiger partial charge in [-0.05, 0) is 12.8 Å². The fourth-order valence-corrected chi connectivity index (χ4v) is 2.56. The van der Waals surface area contributed by atoms with E-state index < -0.39 is 12.0 Å². The lowest BCUT2D eigenvalue weighted by molar-refractivity contribution is -0.148. The molecule has 0 aromatic heterocycles. The normalized spacial score (nSPS) is 30.8. The first-order valence-electron chi connectivity index (χ1n) is 4.63. The molecule has 13 heavy (non-hydrogen) atoms. The van der Waals surface area contributed by atoms with Gasteiger partial charge in [-0.2, -0.15) is 0 Å². The van der Waals surface area contributed by atoms with E-state index in [4.69, 9.17) is 10.5 Å². The van der Waals surface area contributed by atoms with Crippen molar-refractivity contribution in [3.8, 4) is 0 Å². The molecule has 2 fully saturated rings. The highest BCUT2D eigenvalue weighted by atomic mass is 16.6. The predicted octanol–water partition coefficient (Wildman–Crippen LogP) is 0.348. The topological polar surface area (TPSA) is 69.4 Å². The zero-order valence-corrected chi connectivity index (χ0v) is 7.41. The van der Waals surface area contributed by atoms with Gasteiger partial charge in [-0.3, -0.25) is 9.59 Å². The quantitative estimate of drug-likeness (QED) is 0.596. The summed E-state index contributed by atoms with van der Waals surface area (Å²) in [7, 11) is 0. The summed E-state index contributed by atoms with van der Waals surface area (Å²) >= 11 is 0. The predicted molar refractivity (Wildman–Crippen MR) is 44.6 cm³/mol. The van der Waals surface area contributed by atoms with Gasteiger partial charge < -0.3 is 10.5 Å². The number of esters is 1. The summed E-state index contributed by atoms with van der Waals surface area (Å²) in [6.45, 7) is 0. The molecule has 72 valence electrons. The third-order valence-corrected chi connectivity index (χ3v) is 3.16. The van der Waals surface area contributed by atoms with Gasteiger partial charge in [0.25, 0.3) is 5.91 Å². The molecule has 0 bridgehead atoms. The minimum atomic E-state index is -0.664. The largest absolute Gasteiger partial charge is 0.452 e. The molecule has 0 aromatic rings. The number of carbonyl (C=O) groups is 2. The van der Waals surface area contributed by atoms with Crippen molar-refractivity contribution >= 4 is 11.9 Å². The number of rotatable bonds is 1. The van der Waals surface area contributed by atoms with Crippen LogP contribution in [0, 0.1) is 5.41 Å². The van der Waals surface area contributed by atoms with Crippen LogP contribution in [0.25, 0.3) is 0 Å². The van der Waals surface area contributed by atoms with Crippen LogP contribution in [0.1, 0.15) is 32.1 Å². The van der Waals surface area contributed by atoms with Crippen molar-refractivity contribution in [2.24, 2.45) is 11.1 Å². The van der Waals surface area contributed by atoms with Gasteiger partial charge in [0.2, 0.25) is 0 Å². The van der Waals surface area contributed by atoms with Crippen molar-refractivity contribution < 1.29 is 14.3 Å². The molecule has 1 saturated carbocycles. The van der Waals surface area contributed by atoms with Crippen molar-refractivity contribution in [1.29, 1.82) is 0 Å². The maximum atomic E-state index is 11.1. The molecule has 4 nitrogen and oxygen atoms in total. The molecule has 2 aliphatic rings. The van der Waals surface area contributed by atoms with Crippen LogP contribution in [0.4, 0.5) is 0 Å². The summed E-state index contributed by atoms with van der Waals surface area (Å²) in [6.07, 6.45) is 3.64. The van der Waals surface area contributed by atoms with Gasteiger partial charge in [0, 0.05) is 5.41 Å². The lowest BCUT2D eigenvalue weighted by Crippen LogP contribution is -2.39. The number of hydrogen-bond acceptors (Lipinski definition) is 3. The minimum Gasteiger partial charge on any atom is -0.452 e. The number of carbonyl (C=O) groups excluding carboxylic acids is 2. The molecule has 1 saturated heterocycles. The Bertz CT molecular complexity index is 256. The van der Waals surface area contributed by atoms with Crippen molar-refractivity contribution in [3.05, 3.63) is 0 Å². The van der Waals surface area contributed by atoms with Crippen LogP contribution in [0.5, 0.6) is 0 Å². The lowest BCUT2D eigenvalue weighted by Gasteiger charge is -2.24. The van der Waals surface area contributed by atoms with Gasteiger partial charge in [-0.15, -0.1) is 0 Å². The standard InChI is InChI=1S/C9H13NO3/c10-8(12)7-9(3-1-2-4-9)5-6(11)13-7/h7H,1-5H2,(H2,10,12). The highest BCUT2D eigenvalue weighted by Gasteiger charge is 2.53. The molecule has 0 radical (unpaired) electrons. The summed E-state index contributed by atoms with van der Waals surface area (Å²) in [5, 5.41) is 0. The molecule has 1 aliphatic carbocycles. The van der Waals surface area contributed by atoms with Gasteiger partial charge in [0.1, 0.15) is 0 Å². The summed E-state index contributed by atoms with van der Waals surface area (Å²) in [5.41, 5.74) is 4.95. The van der Waals surface area contributed by atoms with Gasteiger partial charge in [0.15, 0.2) is 6.10 Å². The van der Waals surface area contributed by atoms with Crippen LogP contribution < -0.4 is 5.73 Å². The first-order valence-corrected chi connectivity index (χ1v) is 4.63. The molecule has 2 N–H and O–H groups in total. The summed E-state index contributed by atoms with van der Waals surface area (Å²) in [6, 6.07) is 0. The second-order valence-electron chi connectivity index (χ2n) is 4.02. The summed E-state index contributed by atoms with van der Waals surface area (Å²) < 4.78 is 4.95. The third-order valence-electron chi connectivity index (χ3n) is 3.16. The second-order valence-corrected chi connectivity index (χ2v) is 4.02. The Kier molecular flexibility index (Phi) is 1.78. The Morgan fingerprint density at radius 1 is 1.46 bits per heavy atom. The Labute approximate surface area is 76.4 Å². The molecule has 1 aliphatic heterocycles. The first-order chi connectivity index (χ1) is 6.14. The average Bonchev–Trinajstić information content (AvgIpc) is 2.60. The van der Waals surface area contributed by atoms with Crippen LogP contribution in [0.15, 0.2) is 0 Å². The number of primary amides is 1. The monoisotopic (exact) mass is 183 g/mol. The fraction of sp³-hybridized carbons (Fsp3) is 0.778. The van der Waals surface area contributed by atoms with Crippen LogP contribution in [0.3, 0.4) is 0 Å². The van der Waals surface area contributed by atoms with Crippen molar-refractivity contribution in [2.75, 3.05) is 0 Å². The van der Waals surface area contributed by atoms with Crippen molar-refractivity contribution in [2.45, 2.75) is 38.2 Å². The number of hydrogen-bond donors (Lipinski definition) is 1. The van der Waals surface area contributed by atoms with Crippen LogP contribution in [-0.2, 0) is 14.3 Å². The Morgan fingerprint density at radius 3 is 2.62 bits per heavy atom. The van der Waals surface area contributed by atoms with E-state index in [1.165, 1.54) is 0 Å². The summed E-state index contributed by atoms with van der Waals surface area (Å²) in [5.74, 6) is -0.765. The van der Waals surface area contributed by atoms with E-state index in [-0.39, 0.29) is 11.4 Å². The second kappa shape index (κ2) is 2.72. The van der Waals surface area contributed by atoms with Gasteiger partial charge >= 0.3 is 5.97 Å². The highest BCUT2D eigenvalue weighted by Crippen LogP contribution is 2.48. The molecular weight excluding hydrogens is 170 g/mol. The van der Waals surface area contributed by atoms with Crippen LogP contribution >= 0.6 is 0 Å². The Balaban J connectivity index is 2.25. The van der Waals surface area contributed by atoms with E-state index in [1.54, 1.807) is 0 Å². The highest BCUT2D eigenvalue weighted by molar-refractivity contribution is 5.87. The maximum Gasteiger partial charge on any atom is 0.307 e. The molecule has 2 rings (SSSR count). The lowest BCUT2D eigenvalue weighted by atomic mass is 9.79. The molecule has 1 atom stereocenters. The Morgan fingerprint density at radius 2 is 2.08 bits per heavy atom. The first kappa shape index (κ1) is 8.53. The number of cyclic esters (lactones) is 1. The van der Waals surface area contributed by atoms with Crippen molar-refractivity contribution in [3.63, 3.8) is 0 Å². The van der Waals surface area contributed by atoms with Crippen LogP contribution in [-0.4, -0.2) is 18.0 Å². The zero-order chi connectivity index (χ0) is 9.47. The Hall–Kier alpha value is -1.06. The molecule has 1 spiro atoms. The molecule has 1 heterocycles. The molecule has 1 unspecified atom stereocenters. The maximum absolute atomic E-state index is 11.1. The third kappa shape index (κ3) is 1.20. The molecule has 0 aromatic carbocycles. The molecular formula is C9H13NO3. The zero-order valence-electron chi connectivity index (χ0n) is 7.41. The summed E-state index contributed by atoms with van der Waals surface area (Å²) in [4.78, 5) is 22.1. The van der Waals surface area contributed by atoms with E-state index in [1.807, 2.05) is 0 Å². The number of ether oxygens (including phenoxy) is 1. The number of nitrogens with two attached hydrogens (primary N) is 1. The molecule has 4 heteroatoms. The van der Waals surface area contributed by atoms with E-state index in [9.17, 15) is 9.59 Å². The van der Waals surface area contributed by atoms with Gasteiger partial charge in [-0.25, -0.2) is 0 Å². The van der Waals surface area contributed by atoms with E-state index in [0.29, 0.717) is 6.42 Å². The fourth-order valence-electron chi connectivity index (χ4n) is 2.56. The van der Waals surface area contributed by atoms with Crippen LogP contribution in [0.2, 0.25) is 0 Å². The van der Waals surface area contributed by atoms with E-state index in [0.717, 1.165) is 25.7 Å². The average molecular weight is 183 g/mol.